The van der Waals surface area contributed by atoms with Crippen molar-refractivity contribution >= 4 is 17.8 Å². The van der Waals surface area contributed by atoms with Crippen LogP contribution in [0.25, 0.3) is 0 Å². The first-order valence-corrected chi connectivity index (χ1v) is 6.74. The molecule has 1 saturated heterocycles. The smallest absolute Gasteiger partial charge is 0.358 e. The number of carboxylic acids is 1. The molecule has 0 bridgehead atoms. The highest BCUT2D eigenvalue weighted by Gasteiger charge is 2.17. The molecule has 2 N–H and O–H groups in total. The lowest BCUT2D eigenvalue weighted by Crippen LogP contribution is -2.34. The first-order chi connectivity index (χ1) is 10.1. The predicted octanol–water partition coefficient (Wildman–Crippen LogP) is -0.895. The molecular weight excluding hydrogens is 278 g/mol. The van der Waals surface area contributed by atoms with Gasteiger partial charge in [0.2, 0.25) is 11.8 Å². The number of aromatic nitrogens is 3. The van der Waals surface area contributed by atoms with Crippen LogP contribution in [0.4, 0.5) is 0 Å². The van der Waals surface area contributed by atoms with Gasteiger partial charge < -0.3 is 15.3 Å². The summed E-state index contributed by atoms with van der Waals surface area (Å²) in [6.07, 6.45) is 3.52. The number of hydrogen-bond acceptors (Lipinski definition) is 5. The summed E-state index contributed by atoms with van der Waals surface area (Å²) in [6, 6.07) is 0. The number of amides is 2. The zero-order valence-electron chi connectivity index (χ0n) is 11.5. The van der Waals surface area contributed by atoms with Gasteiger partial charge in [-0.25, -0.2) is 9.48 Å². The SMILES string of the molecule is O=C(Cn1cc(C(=O)O)nn1)NCCC(=O)N1CCCC1. The molecule has 0 atom stereocenters. The lowest BCUT2D eigenvalue weighted by molar-refractivity contribution is -0.130. The number of carbonyl (C=O) groups excluding carboxylic acids is 2. The molecule has 9 heteroatoms. The summed E-state index contributed by atoms with van der Waals surface area (Å²) in [7, 11) is 0. The van der Waals surface area contributed by atoms with Gasteiger partial charge in [-0.2, -0.15) is 0 Å². The minimum absolute atomic E-state index is 0.0433. The van der Waals surface area contributed by atoms with Crippen molar-refractivity contribution in [2.75, 3.05) is 19.6 Å². The molecule has 0 radical (unpaired) electrons. The molecule has 1 aromatic rings. The number of hydrogen-bond donors (Lipinski definition) is 2. The Balaban J connectivity index is 1.69. The van der Waals surface area contributed by atoms with Crippen LogP contribution in [-0.2, 0) is 16.1 Å². The number of rotatable bonds is 6. The zero-order valence-corrected chi connectivity index (χ0v) is 11.5. The van der Waals surface area contributed by atoms with Crippen LogP contribution in [-0.4, -0.2) is 62.4 Å². The fraction of sp³-hybridized carbons (Fsp3) is 0.583. The van der Waals surface area contributed by atoms with Crippen molar-refractivity contribution in [2.24, 2.45) is 0 Å². The first kappa shape index (κ1) is 14.9. The standard InChI is InChI=1S/C12H17N5O4/c18-10(8-17-7-9(12(20)21)14-15-17)13-4-3-11(19)16-5-1-2-6-16/h7H,1-6,8H2,(H,13,18)(H,20,21). The molecule has 21 heavy (non-hydrogen) atoms. The lowest BCUT2D eigenvalue weighted by atomic mass is 10.3. The van der Waals surface area contributed by atoms with E-state index in [0.717, 1.165) is 30.6 Å². The van der Waals surface area contributed by atoms with E-state index in [1.807, 2.05) is 0 Å². The fourth-order valence-corrected chi connectivity index (χ4v) is 2.11. The third kappa shape index (κ3) is 4.26. The van der Waals surface area contributed by atoms with E-state index in [1.54, 1.807) is 4.90 Å². The molecule has 0 spiro atoms. The topological polar surface area (TPSA) is 117 Å². The molecule has 0 aliphatic carbocycles. The third-order valence-electron chi connectivity index (χ3n) is 3.18. The predicted molar refractivity (Wildman–Crippen MR) is 70.4 cm³/mol. The molecule has 114 valence electrons. The number of nitrogens with zero attached hydrogens (tertiary/aromatic N) is 4. The molecule has 1 aromatic heterocycles. The van der Waals surface area contributed by atoms with Crippen LogP contribution in [0.15, 0.2) is 6.20 Å². The van der Waals surface area contributed by atoms with Gasteiger partial charge in [0, 0.05) is 26.1 Å². The maximum absolute atomic E-state index is 11.7. The summed E-state index contributed by atoms with van der Waals surface area (Å²) in [4.78, 5) is 35.8. The molecule has 0 unspecified atom stereocenters. The summed E-state index contributed by atoms with van der Waals surface area (Å²) >= 11 is 0. The summed E-state index contributed by atoms with van der Waals surface area (Å²) in [5.41, 5.74) is -0.216. The Morgan fingerprint density at radius 1 is 1.29 bits per heavy atom. The number of aromatic carboxylic acids is 1. The monoisotopic (exact) mass is 295 g/mol. The highest BCUT2D eigenvalue weighted by molar-refractivity contribution is 5.85. The molecule has 1 aliphatic heterocycles. The summed E-state index contributed by atoms with van der Waals surface area (Å²) < 4.78 is 1.14. The van der Waals surface area contributed by atoms with Crippen molar-refractivity contribution in [3.8, 4) is 0 Å². The second-order valence-electron chi connectivity index (χ2n) is 4.79. The van der Waals surface area contributed by atoms with Gasteiger partial charge in [-0.1, -0.05) is 5.21 Å². The lowest BCUT2D eigenvalue weighted by Gasteiger charge is -2.15. The van der Waals surface area contributed by atoms with Crippen molar-refractivity contribution < 1.29 is 19.5 Å². The quantitative estimate of drug-likeness (QED) is 0.702. The van der Waals surface area contributed by atoms with Crippen LogP contribution in [0.1, 0.15) is 29.8 Å². The summed E-state index contributed by atoms with van der Waals surface area (Å²) in [6.45, 7) is 1.72. The van der Waals surface area contributed by atoms with E-state index in [9.17, 15) is 14.4 Å². The van der Waals surface area contributed by atoms with Crippen LogP contribution in [0.2, 0.25) is 0 Å². The number of nitrogens with one attached hydrogen (secondary N) is 1. The molecular formula is C12H17N5O4. The fourth-order valence-electron chi connectivity index (χ4n) is 2.11. The van der Waals surface area contributed by atoms with Gasteiger partial charge in [0.25, 0.3) is 0 Å². The van der Waals surface area contributed by atoms with Crippen molar-refractivity contribution in [1.29, 1.82) is 0 Å². The average Bonchev–Trinajstić information content (AvgIpc) is 3.09. The van der Waals surface area contributed by atoms with E-state index < -0.39 is 5.97 Å². The van der Waals surface area contributed by atoms with Crippen molar-refractivity contribution in [3.63, 3.8) is 0 Å². The van der Waals surface area contributed by atoms with Crippen LogP contribution in [0, 0.1) is 0 Å². The van der Waals surface area contributed by atoms with E-state index in [4.69, 9.17) is 5.11 Å². The van der Waals surface area contributed by atoms with Gasteiger partial charge in [0.1, 0.15) is 6.54 Å². The van der Waals surface area contributed by atoms with Crippen molar-refractivity contribution in [1.82, 2.24) is 25.2 Å². The Labute approximate surface area is 120 Å². The van der Waals surface area contributed by atoms with Gasteiger partial charge in [-0.15, -0.1) is 5.10 Å². The van der Waals surface area contributed by atoms with E-state index in [1.165, 1.54) is 6.20 Å². The van der Waals surface area contributed by atoms with Gasteiger partial charge >= 0.3 is 5.97 Å². The van der Waals surface area contributed by atoms with Gasteiger partial charge in [0.15, 0.2) is 5.69 Å². The highest BCUT2D eigenvalue weighted by Crippen LogP contribution is 2.08. The van der Waals surface area contributed by atoms with E-state index >= 15 is 0 Å². The van der Waals surface area contributed by atoms with Gasteiger partial charge in [-0.3, -0.25) is 9.59 Å². The zero-order chi connectivity index (χ0) is 15.2. The molecule has 0 aromatic carbocycles. The van der Waals surface area contributed by atoms with Crippen molar-refractivity contribution in [3.05, 3.63) is 11.9 Å². The maximum atomic E-state index is 11.7. The molecule has 2 heterocycles. The number of carbonyl (C=O) groups is 3. The first-order valence-electron chi connectivity index (χ1n) is 6.74. The minimum atomic E-state index is -1.20. The van der Waals surface area contributed by atoms with Crippen LogP contribution >= 0.6 is 0 Å². The van der Waals surface area contributed by atoms with Crippen LogP contribution in [0.5, 0.6) is 0 Å². The molecule has 1 aliphatic rings. The Morgan fingerprint density at radius 2 is 2.00 bits per heavy atom. The van der Waals surface area contributed by atoms with Crippen molar-refractivity contribution in [2.45, 2.75) is 25.8 Å². The molecule has 9 nitrogen and oxygen atoms in total. The highest BCUT2D eigenvalue weighted by atomic mass is 16.4. The largest absolute Gasteiger partial charge is 0.476 e. The molecule has 2 rings (SSSR count). The number of likely N-dealkylation sites (tertiary alicyclic amines) is 1. The Morgan fingerprint density at radius 3 is 2.62 bits per heavy atom. The molecule has 2 amide bonds. The van der Waals surface area contributed by atoms with E-state index in [-0.39, 0.29) is 37.0 Å². The second kappa shape index (κ2) is 6.82. The number of carboxylic acid groups (broad SMARTS) is 1. The Bertz CT molecular complexity index is 536. The summed E-state index contributed by atoms with van der Waals surface area (Å²) in [5.74, 6) is -1.49. The minimum Gasteiger partial charge on any atom is -0.476 e. The third-order valence-corrected chi connectivity index (χ3v) is 3.18. The van der Waals surface area contributed by atoms with Crippen LogP contribution < -0.4 is 5.32 Å². The van der Waals surface area contributed by atoms with Gasteiger partial charge in [0.05, 0.1) is 6.20 Å². The second-order valence-corrected chi connectivity index (χ2v) is 4.79. The maximum Gasteiger partial charge on any atom is 0.358 e. The average molecular weight is 295 g/mol. The molecule has 1 fully saturated rings. The summed E-state index contributed by atoms with van der Waals surface area (Å²) in [5, 5.41) is 18.2. The molecule has 0 saturated carbocycles. The Kier molecular flexibility index (Phi) is 4.85. The normalized spacial score (nSPS) is 14.2. The van der Waals surface area contributed by atoms with Gasteiger partial charge in [-0.05, 0) is 12.8 Å². The van der Waals surface area contributed by atoms with Crippen LogP contribution in [0.3, 0.4) is 0 Å². The van der Waals surface area contributed by atoms with E-state index in [2.05, 4.69) is 15.6 Å². The Hall–Kier alpha value is -2.45. The van der Waals surface area contributed by atoms with E-state index in [0.29, 0.717) is 0 Å².